The van der Waals surface area contributed by atoms with Crippen LogP contribution < -0.4 is 25.0 Å². The van der Waals surface area contributed by atoms with Gasteiger partial charge in [-0.15, -0.1) is 0 Å². The van der Waals surface area contributed by atoms with Crippen LogP contribution in [0.2, 0.25) is 0 Å². The van der Waals surface area contributed by atoms with E-state index < -0.39 is 0 Å². The molecule has 10 heavy (non-hydrogen) atoms. The second-order valence-electron chi connectivity index (χ2n) is 2.14. The van der Waals surface area contributed by atoms with Crippen molar-refractivity contribution in [3.05, 3.63) is 0 Å². The number of halogens is 1. The number of alkyl halides is 1. The predicted octanol–water partition coefficient (Wildman–Crippen LogP) is -1.92. The number of amides is 1. The molecule has 0 atom stereocenters. The molecule has 0 aromatic heterocycles. The molecule has 0 rings (SSSR count). The molecular formula is C6H13INOS-. The van der Waals surface area contributed by atoms with Crippen LogP contribution in [-0.2, 0) is 4.79 Å². The van der Waals surface area contributed by atoms with Gasteiger partial charge in [0, 0.05) is 0 Å². The summed E-state index contributed by atoms with van der Waals surface area (Å²) in [4.78, 5) is 10.9. The first-order valence-electron chi connectivity index (χ1n) is 3.05. The molecule has 0 aliphatic heterocycles. The summed E-state index contributed by atoms with van der Waals surface area (Å²) in [5.74, 6) is 0.336. The maximum absolute atomic E-state index is 10.9. The molecule has 0 aliphatic rings. The van der Waals surface area contributed by atoms with Crippen LogP contribution in [0.1, 0.15) is 13.8 Å². The van der Waals surface area contributed by atoms with Gasteiger partial charge < -0.3 is 0 Å². The van der Waals surface area contributed by atoms with Crippen molar-refractivity contribution < 1.29 is 26.3 Å². The molecule has 0 unspecified atom stereocenters. The van der Waals surface area contributed by atoms with Crippen LogP contribution in [0.3, 0.4) is 0 Å². The molecule has 62 valence electrons. The number of hydrogen-bond acceptors (Lipinski definition) is 2. The van der Waals surface area contributed by atoms with Crippen molar-refractivity contribution >= 4 is 17.7 Å². The van der Waals surface area contributed by atoms with Crippen LogP contribution in [0.25, 0.3) is 0 Å². The van der Waals surface area contributed by atoms with Gasteiger partial charge in [0.05, 0.1) is 0 Å². The number of thioether (sulfide) groups is 1. The molecule has 0 aromatic carbocycles. The number of rotatable bonds is 4. The molecule has 0 aliphatic carbocycles. The Morgan fingerprint density at radius 1 is 1.70 bits per heavy atom. The quantitative estimate of drug-likeness (QED) is 0.280. The Morgan fingerprint density at radius 3 is 2.70 bits per heavy atom. The van der Waals surface area contributed by atoms with Crippen LogP contribution in [0.15, 0.2) is 0 Å². The van der Waals surface area contributed by atoms with Crippen molar-refractivity contribution in [3.8, 4) is 0 Å². The average Bonchev–Trinajstić information content (AvgIpc) is 1.88. The van der Waals surface area contributed by atoms with E-state index in [0.29, 0.717) is 0 Å². The van der Waals surface area contributed by atoms with E-state index in [0.717, 1.165) is 3.76 Å². The molecule has 0 fully saturated rings. The summed E-state index contributed by atoms with van der Waals surface area (Å²) in [5, 5.41) is 0. The van der Waals surface area contributed by atoms with Gasteiger partial charge in [-0.25, -0.2) is 0 Å². The molecule has 1 amide bonds. The van der Waals surface area contributed by atoms with Crippen LogP contribution in [-0.4, -0.2) is 15.9 Å². The second-order valence-corrected chi connectivity index (χ2v) is 6.11. The average molecular weight is 274 g/mol. The summed E-state index contributed by atoms with van der Waals surface area (Å²) in [6.45, 7) is 3.83. The Labute approximate surface area is 77.1 Å². The van der Waals surface area contributed by atoms with Gasteiger partial charge in [0.1, 0.15) is 0 Å². The molecule has 0 bridgehead atoms. The van der Waals surface area contributed by atoms with Crippen molar-refractivity contribution in [1.82, 2.24) is 3.53 Å². The first-order valence-corrected chi connectivity index (χ1v) is 7.05. The molecule has 0 radical (unpaired) electrons. The van der Waals surface area contributed by atoms with Gasteiger partial charge in [0.15, 0.2) is 0 Å². The molecule has 1 N–H and O–H groups in total. The normalized spacial score (nSPS) is 10.4. The SMILES string of the molecule is CSC[I-]NC(=O)C(C)C. The van der Waals surface area contributed by atoms with Crippen molar-refractivity contribution in [2.24, 2.45) is 5.92 Å². The summed E-state index contributed by atoms with van der Waals surface area (Å²) < 4.78 is 4.04. The predicted molar refractivity (Wildman–Crippen MR) is 41.4 cm³/mol. The van der Waals surface area contributed by atoms with Crippen molar-refractivity contribution in [1.29, 1.82) is 0 Å². The van der Waals surface area contributed by atoms with E-state index in [-0.39, 0.29) is 33.3 Å². The number of carbonyl (C=O) groups is 1. The number of hydrogen-bond donors (Lipinski definition) is 1. The third kappa shape index (κ3) is 5.34. The van der Waals surface area contributed by atoms with Crippen molar-refractivity contribution in [2.45, 2.75) is 13.8 Å². The fourth-order valence-electron chi connectivity index (χ4n) is 0.257. The minimum absolute atomic E-state index is 0.0856. The number of nitrogens with one attached hydrogen (secondary N) is 1. The van der Waals surface area contributed by atoms with E-state index >= 15 is 0 Å². The molecule has 0 spiro atoms. The van der Waals surface area contributed by atoms with Crippen LogP contribution >= 0.6 is 11.8 Å². The van der Waals surface area contributed by atoms with Gasteiger partial charge in [-0.2, -0.15) is 0 Å². The zero-order chi connectivity index (χ0) is 7.98. The van der Waals surface area contributed by atoms with Crippen LogP contribution in [0.5, 0.6) is 0 Å². The monoisotopic (exact) mass is 274 g/mol. The van der Waals surface area contributed by atoms with Gasteiger partial charge in [-0.1, -0.05) is 0 Å². The Balaban J connectivity index is 3.22. The summed E-state index contributed by atoms with van der Waals surface area (Å²) in [6, 6.07) is 0. The maximum atomic E-state index is 10.9. The molecule has 0 heterocycles. The standard InChI is InChI=1S/C6H13INOS/c1-5(2)6(9)8-7-4-10-3/h5H,4H2,1-3H3,(H,8,9)/q-1. The Morgan fingerprint density at radius 2 is 2.30 bits per heavy atom. The molecule has 0 saturated carbocycles. The fraction of sp³-hybridized carbons (Fsp3) is 0.833. The zero-order valence-electron chi connectivity index (χ0n) is 6.48. The summed E-state index contributed by atoms with van der Waals surface area (Å²) in [7, 11) is 0. The fourth-order valence-corrected chi connectivity index (χ4v) is 2.82. The van der Waals surface area contributed by atoms with E-state index in [1.807, 2.05) is 13.8 Å². The molecule has 4 heteroatoms. The van der Waals surface area contributed by atoms with Crippen LogP contribution in [0, 0.1) is 5.92 Å². The van der Waals surface area contributed by atoms with E-state index in [2.05, 4.69) is 9.79 Å². The van der Waals surface area contributed by atoms with Gasteiger partial charge in [0.25, 0.3) is 0 Å². The topological polar surface area (TPSA) is 29.1 Å². The Kier molecular flexibility index (Phi) is 6.62. The Hall–Kier alpha value is 0.550. The van der Waals surface area contributed by atoms with E-state index in [1.54, 1.807) is 11.8 Å². The molecular weight excluding hydrogens is 261 g/mol. The Bertz CT molecular complexity index is 108. The second kappa shape index (κ2) is 6.27. The minimum atomic E-state index is -0.0856. The molecule has 2 nitrogen and oxygen atoms in total. The summed E-state index contributed by atoms with van der Waals surface area (Å²) in [6.07, 6.45) is 2.06. The first kappa shape index (κ1) is 10.6. The summed E-state index contributed by atoms with van der Waals surface area (Å²) >= 11 is 1.70. The number of carbonyl (C=O) groups excluding carboxylic acids is 1. The van der Waals surface area contributed by atoms with Gasteiger partial charge in [-0.05, 0) is 0 Å². The third-order valence-electron chi connectivity index (χ3n) is 0.848. The molecule has 0 saturated heterocycles. The van der Waals surface area contributed by atoms with E-state index in [4.69, 9.17) is 0 Å². The summed E-state index contributed by atoms with van der Waals surface area (Å²) in [5.41, 5.74) is 0. The molecule has 0 aromatic rings. The van der Waals surface area contributed by atoms with Gasteiger partial charge in [0.2, 0.25) is 0 Å². The van der Waals surface area contributed by atoms with Crippen molar-refractivity contribution in [2.75, 3.05) is 10.0 Å². The van der Waals surface area contributed by atoms with Crippen LogP contribution in [0.4, 0.5) is 0 Å². The zero-order valence-corrected chi connectivity index (χ0v) is 9.45. The van der Waals surface area contributed by atoms with E-state index in [9.17, 15) is 4.79 Å². The van der Waals surface area contributed by atoms with Gasteiger partial charge in [-0.3, -0.25) is 0 Å². The third-order valence-corrected chi connectivity index (χ3v) is 4.89. The van der Waals surface area contributed by atoms with E-state index in [1.165, 1.54) is 0 Å². The van der Waals surface area contributed by atoms with Gasteiger partial charge >= 0.3 is 77.3 Å². The van der Waals surface area contributed by atoms with Crippen molar-refractivity contribution in [3.63, 3.8) is 0 Å². The first-order chi connectivity index (χ1) is 4.68.